The van der Waals surface area contributed by atoms with E-state index < -0.39 is 0 Å². The fourth-order valence-corrected chi connectivity index (χ4v) is 3.73. The van der Waals surface area contributed by atoms with Crippen LogP contribution in [0, 0.1) is 5.92 Å². The van der Waals surface area contributed by atoms with E-state index >= 15 is 0 Å². The lowest BCUT2D eigenvalue weighted by Crippen LogP contribution is -2.32. The Hall–Kier alpha value is -3.18. The maximum absolute atomic E-state index is 12.5. The van der Waals surface area contributed by atoms with Crippen molar-refractivity contribution in [2.24, 2.45) is 5.92 Å². The molecule has 0 radical (unpaired) electrons. The zero-order chi connectivity index (χ0) is 20.9. The minimum Gasteiger partial charge on any atom is -0.463 e. The number of carbonyl (C=O) groups excluding carboxylic acids is 1. The van der Waals surface area contributed by atoms with Crippen molar-refractivity contribution in [3.63, 3.8) is 0 Å². The van der Waals surface area contributed by atoms with E-state index in [4.69, 9.17) is 4.42 Å². The fraction of sp³-hybridized carbons (Fsp3) is 0.280. The van der Waals surface area contributed by atoms with Crippen LogP contribution in [0.15, 0.2) is 70.1 Å². The van der Waals surface area contributed by atoms with Crippen molar-refractivity contribution in [3.8, 4) is 0 Å². The molecule has 2 heterocycles. The van der Waals surface area contributed by atoms with E-state index in [1.165, 1.54) is 36.8 Å². The molecule has 5 heteroatoms. The Labute approximate surface area is 176 Å². The van der Waals surface area contributed by atoms with Gasteiger partial charge in [0.05, 0.1) is 10.9 Å². The number of carbonyl (C=O) groups is 1. The van der Waals surface area contributed by atoms with Crippen LogP contribution in [0.3, 0.4) is 0 Å². The molecule has 154 valence electrons. The van der Waals surface area contributed by atoms with E-state index in [2.05, 4.69) is 29.3 Å². The highest BCUT2D eigenvalue weighted by molar-refractivity contribution is 6.02. The molecule has 1 aromatic heterocycles. The summed E-state index contributed by atoms with van der Waals surface area (Å²) in [5, 5.41) is 3.33. The van der Waals surface area contributed by atoms with E-state index in [1.807, 2.05) is 18.2 Å². The van der Waals surface area contributed by atoms with Crippen molar-refractivity contribution in [2.45, 2.75) is 26.3 Å². The summed E-state index contributed by atoms with van der Waals surface area (Å²) in [5.41, 5.74) is 2.69. The maximum Gasteiger partial charge on any atom is 0.248 e. The van der Waals surface area contributed by atoms with Crippen LogP contribution < -0.4 is 10.7 Å². The van der Waals surface area contributed by atoms with E-state index in [0.29, 0.717) is 16.5 Å². The third kappa shape index (κ3) is 4.86. The quantitative estimate of drug-likeness (QED) is 0.630. The third-order valence-electron chi connectivity index (χ3n) is 5.62. The predicted molar refractivity (Wildman–Crippen MR) is 120 cm³/mol. The van der Waals surface area contributed by atoms with Crippen LogP contribution in [0.1, 0.15) is 30.9 Å². The largest absolute Gasteiger partial charge is 0.463 e. The first-order chi connectivity index (χ1) is 14.6. The van der Waals surface area contributed by atoms with E-state index in [-0.39, 0.29) is 11.3 Å². The number of anilines is 1. The van der Waals surface area contributed by atoms with Crippen molar-refractivity contribution in [2.75, 3.05) is 18.4 Å². The Morgan fingerprint density at radius 1 is 1.13 bits per heavy atom. The van der Waals surface area contributed by atoms with Gasteiger partial charge in [-0.25, -0.2) is 0 Å². The van der Waals surface area contributed by atoms with Gasteiger partial charge in [0.25, 0.3) is 0 Å². The standard InChI is InChI=1S/C25H26N2O3/c1-18-12-14-27(15-13-18)16-19-6-9-21(10-7-19)26-24(28)11-8-20-17-30-23-5-3-2-4-22(23)25(20)29/h2-11,17-18H,12-16H2,1H3,(H,26,28)/b11-8+. The van der Waals surface area contributed by atoms with Gasteiger partial charge in [0.2, 0.25) is 5.91 Å². The molecule has 2 aromatic carbocycles. The summed E-state index contributed by atoms with van der Waals surface area (Å²) in [6.07, 6.45) is 6.74. The van der Waals surface area contributed by atoms with Crippen LogP contribution in [0.2, 0.25) is 0 Å². The first-order valence-electron chi connectivity index (χ1n) is 10.4. The smallest absolute Gasteiger partial charge is 0.248 e. The fourth-order valence-electron chi connectivity index (χ4n) is 3.73. The summed E-state index contributed by atoms with van der Waals surface area (Å²) in [4.78, 5) is 27.2. The normalized spacial score (nSPS) is 15.6. The first kappa shape index (κ1) is 20.1. The maximum atomic E-state index is 12.5. The van der Waals surface area contributed by atoms with E-state index in [9.17, 15) is 9.59 Å². The summed E-state index contributed by atoms with van der Waals surface area (Å²) < 4.78 is 5.47. The van der Waals surface area contributed by atoms with Crippen molar-refractivity contribution < 1.29 is 9.21 Å². The van der Waals surface area contributed by atoms with Gasteiger partial charge in [-0.2, -0.15) is 0 Å². The molecule has 1 N–H and O–H groups in total. The van der Waals surface area contributed by atoms with Gasteiger partial charge in [0.1, 0.15) is 11.8 Å². The lowest BCUT2D eigenvalue weighted by molar-refractivity contribution is -0.111. The minimum absolute atomic E-state index is 0.155. The van der Waals surface area contributed by atoms with E-state index in [1.54, 1.807) is 18.2 Å². The number of piperidine rings is 1. The zero-order valence-electron chi connectivity index (χ0n) is 17.1. The molecular weight excluding hydrogens is 376 g/mol. The molecule has 3 aromatic rings. The zero-order valence-corrected chi connectivity index (χ0v) is 17.1. The number of fused-ring (bicyclic) bond motifs is 1. The van der Waals surface area contributed by atoms with Gasteiger partial charge < -0.3 is 9.73 Å². The van der Waals surface area contributed by atoms with Gasteiger partial charge in [-0.05, 0) is 67.8 Å². The van der Waals surface area contributed by atoms with E-state index in [0.717, 1.165) is 31.2 Å². The van der Waals surface area contributed by atoms with Crippen LogP contribution in [0.25, 0.3) is 17.0 Å². The second kappa shape index (κ2) is 9.09. The van der Waals surface area contributed by atoms with Crippen molar-refractivity contribution in [1.82, 2.24) is 4.90 Å². The molecule has 0 saturated carbocycles. The van der Waals surface area contributed by atoms with Gasteiger partial charge in [-0.15, -0.1) is 0 Å². The number of nitrogens with zero attached hydrogens (tertiary/aromatic N) is 1. The Morgan fingerprint density at radius 2 is 1.87 bits per heavy atom. The second-order valence-electron chi connectivity index (χ2n) is 7.99. The number of nitrogens with one attached hydrogen (secondary N) is 1. The van der Waals surface area contributed by atoms with Crippen molar-refractivity contribution >= 4 is 28.6 Å². The molecule has 1 saturated heterocycles. The lowest BCUT2D eigenvalue weighted by atomic mass is 9.99. The van der Waals surface area contributed by atoms with Crippen LogP contribution >= 0.6 is 0 Å². The molecule has 0 unspecified atom stereocenters. The van der Waals surface area contributed by atoms with Gasteiger partial charge in [0.15, 0.2) is 5.43 Å². The van der Waals surface area contributed by atoms with Gasteiger partial charge in [-0.1, -0.05) is 31.2 Å². The molecule has 30 heavy (non-hydrogen) atoms. The Morgan fingerprint density at radius 3 is 2.63 bits per heavy atom. The average molecular weight is 402 g/mol. The van der Waals surface area contributed by atoms with Crippen molar-refractivity contribution in [1.29, 1.82) is 0 Å². The van der Waals surface area contributed by atoms with Crippen LogP contribution in [0.4, 0.5) is 5.69 Å². The molecule has 1 aliphatic heterocycles. The molecular formula is C25H26N2O3. The number of benzene rings is 2. The number of amides is 1. The first-order valence-corrected chi connectivity index (χ1v) is 10.4. The topological polar surface area (TPSA) is 62.6 Å². The Kier molecular flexibility index (Phi) is 6.10. The van der Waals surface area contributed by atoms with Crippen LogP contribution in [-0.2, 0) is 11.3 Å². The Bertz CT molecular complexity index is 1110. The molecule has 1 fully saturated rings. The second-order valence-corrected chi connectivity index (χ2v) is 7.99. The summed E-state index contributed by atoms with van der Waals surface area (Å²) >= 11 is 0. The molecule has 0 spiro atoms. The average Bonchev–Trinajstić information content (AvgIpc) is 2.76. The highest BCUT2D eigenvalue weighted by atomic mass is 16.3. The van der Waals surface area contributed by atoms with Crippen LogP contribution in [-0.4, -0.2) is 23.9 Å². The molecule has 4 rings (SSSR count). The van der Waals surface area contributed by atoms with Crippen LogP contribution in [0.5, 0.6) is 0 Å². The minimum atomic E-state index is -0.291. The SMILES string of the molecule is CC1CCN(Cc2ccc(NC(=O)/C=C/c3coc4ccccc4c3=O)cc2)CC1. The number of hydrogen-bond acceptors (Lipinski definition) is 4. The van der Waals surface area contributed by atoms with Gasteiger partial charge >= 0.3 is 0 Å². The Balaban J connectivity index is 1.36. The van der Waals surface area contributed by atoms with Gasteiger partial charge in [0, 0.05) is 18.3 Å². The molecule has 1 amide bonds. The molecule has 0 atom stereocenters. The summed E-state index contributed by atoms with van der Waals surface area (Å²) in [6.45, 7) is 5.55. The lowest BCUT2D eigenvalue weighted by Gasteiger charge is -2.30. The summed E-state index contributed by atoms with van der Waals surface area (Å²) in [7, 11) is 0. The number of likely N-dealkylation sites (tertiary alicyclic amines) is 1. The summed E-state index contributed by atoms with van der Waals surface area (Å²) in [6, 6.07) is 15.0. The summed E-state index contributed by atoms with van der Waals surface area (Å²) in [5.74, 6) is 0.535. The number of rotatable bonds is 5. The molecule has 1 aliphatic rings. The monoisotopic (exact) mass is 402 g/mol. The molecule has 0 aliphatic carbocycles. The predicted octanol–water partition coefficient (Wildman–Crippen LogP) is 4.68. The van der Waals surface area contributed by atoms with Crippen molar-refractivity contribution in [3.05, 3.63) is 82.2 Å². The molecule has 5 nitrogen and oxygen atoms in total. The molecule has 0 bridgehead atoms. The highest BCUT2D eigenvalue weighted by Crippen LogP contribution is 2.19. The number of hydrogen-bond donors (Lipinski definition) is 1. The third-order valence-corrected chi connectivity index (χ3v) is 5.62. The van der Waals surface area contributed by atoms with Gasteiger partial charge in [-0.3, -0.25) is 14.5 Å². The number of para-hydroxylation sites is 1. The highest BCUT2D eigenvalue weighted by Gasteiger charge is 2.15.